The zero-order chi connectivity index (χ0) is 16.7. The average Bonchev–Trinajstić information content (AvgIpc) is 2.54. The summed E-state index contributed by atoms with van der Waals surface area (Å²) in [6.45, 7) is 5.15. The summed E-state index contributed by atoms with van der Waals surface area (Å²) in [5.74, 6) is 1.48. The summed E-state index contributed by atoms with van der Waals surface area (Å²) < 4.78 is 11.6. The zero-order valence-corrected chi connectivity index (χ0v) is 14.2. The highest BCUT2D eigenvalue weighted by Gasteiger charge is 2.06. The van der Waals surface area contributed by atoms with Crippen molar-refractivity contribution in [3.8, 4) is 11.5 Å². The second-order valence-electron chi connectivity index (χ2n) is 5.51. The quantitative estimate of drug-likeness (QED) is 0.575. The molecule has 0 N–H and O–H groups in total. The third-order valence-electron chi connectivity index (χ3n) is 3.22. The molecule has 0 atom stereocenters. The molecule has 0 saturated carbocycles. The summed E-state index contributed by atoms with van der Waals surface area (Å²) in [7, 11) is 3.78. The Morgan fingerprint density at radius 2 is 1.74 bits per heavy atom. The van der Waals surface area contributed by atoms with Crippen molar-refractivity contribution in [3.63, 3.8) is 0 Å². The van der Waals surface area contributed by atoms with Gasteiger partial charge in [-0.25, -0.2) is 0 Å². The third kappa shape index (κ3) is 5.33. The van der Waals surface area contributed by atoms with Crippen molar-refractivity contribution in [2.24, 2.45) is 5.10 Å². The first-order chi connectivity index (χ1) is 11.1. The van der Waals surface area contributed by atoms with E-state index in [4.69, 9.17) is 9.47 Å². The van der Waals surface area contributed by atoms with E-state index in [-0.39, 0.29) is 0 Å². The van der Waals surface area contributed by atoms with E-state index in [1.165, 1.54) is 5.56 Å². The molecule has 0 aliphatic heterocycles. The molecular formula is C19H24N2O2. The highest BCUT2D eigenvalue weighted by atomic mass is 16.5. The van der Waals surface area contributed by atoms with Gasteiger partial charge in [0.2, 0.25) is 0 Å². The van der Waals surface area contributed by atoms with Crippen molar-refractivity contribution in [1.82, 2.24) is 5.01 Å². The molecule has 2 rings (SSSR count). The van der Waals surface area contributed by atoms with Crippen LogP contribution in [-0.2, 0) is 6.61 Å². The summed E-state index contributed by atoms with van der Waals surface area (Å²) in [6.07, 6.45) is 1.80. The molecule has 0 fully saturated rings. The van der Waals surface area contributed by atoms with E-state index < -0.39 is 0 Å². The summed E-state index contributed by atoms with van der Waals surface area (Å²) in [5.41, 5.74) is 3.36. The fourth-order valence-corrected chi connectivity index (χ4v) is 2.02. The van der Waals surface area contributed by atoms with Gasteiger partial charge in [0, 0.05) is 14.1 Å². The predicted octanol–water partition coefficient (Wildman–Crippen LogP) is 3.87. The number of rotatable bonds is 7. The Morgan fingerprint density at radius 3 is 2.39 bits per heavy atom. The topological polar surface area (TPSA) is 34.1 Å². The Morgan fingerprint density at radius 1 is 1.00 bits per heavy atom. The fourth-order valence-electron chi connectivity index (χ4n) is 2.02. The largest absolute Gasteiger partial charge is 0.490 e. The maximum atomic E-state index is 5.92. The number of hydrogen-bond donors (Lipinski definition) is 0. The molecule has 0 saturated heterocycles. The van der Waals surface area contributed by atoms with Gasteiger partial charge in [0.15, 0.2) is 11.5 Å². The van der Waals surface area contributed by atoms with Crippen LogP contribution < -0.4 is 9.47 Å². The SMILES string of the molecule is CCOc1cc(/C=N/N(C)C)ccc1OCc1ccc(C)cc1. The van der Waals surface area contributed by atoms with E-state index in [1.807, 2.05) is 39.2 Å². The fraction of sp³-hybridized carbons (Fsp3) is 0.316. The lowest BCUT2D eigenvalue weighted by Gasteiger charge is -2.13. The Labute approximate surface area is 138 Å². The van der Waals surface area contributed by atoms with E-state index in [1.54, 1.807) is 11.2 Å². The minimum absolute atomic E-state index is 0.519. The molecule has 2 aromatic carbocycles. The van der Waals surface area contributed by atoms with E-state index in [0.717, 1.165) is 22.6 Å². The summed E-state index contributed by atoms with van der Waals surface area (Å²) >= 11 is 0. The summed E-state index contributed by atoms with van der Waals surface area (Å²) in [4.78, 5) is 0. The second kappa shape index (κ2) is 8.22. The van der Waals surface area contributed by atoms with E-state index in [0.29, 0.717) is 13.2 Å². The van der Waals surface area contributed by atoms with Crippen LogP contribution in [0.1, 0.15) is 23.6 Å². The van der Waals surface area contributed by atoms with Gasteiger partial charge in [-0.1, -0.05) is 29.8 Å². The highest BCUT2D eigenvalue weighted by molar-refractivity contribution is 5.80. The first kappa shape index (κ1) is 16.9. The molecule has 0 bridgehead atoms. The molecule has 0 heterocycles. The molecule has 0 spiro atoms. The minimum atomic E-state index is 0.519. The van der Waals surface area contributed by atoms with Crippen molar-refractivity contribution in [3.05, 3.63) is 59.2 Å². The Balaban J connectivity index is 2.12. The molecular weight excluding hydrogens is 288 g/mol. The molecule has 23 heavy (non-hydrogen) atoms. The zero-order valence-electron chi connectivity index (χ0n) is 14.2. The average molecular weight is 312 g/mol. The monoisotopic (exact) mass is 312 g/mol. The van der Waals surface area contributed by atoms with Gasteiger partial charge in [-0.05, 0) is 43.2 Å². The van der Waals surface area contributed by atoms with Crippen molar-refractivity contribution in [1.29, 1.82) is 0 Å². The van der Waals surface area contributed by atoms with E-state index >= 15 is 0 Å². The highest BCUT2D eigenvalue weighted by Crippen LogP contribution is 2.29. The van der Waals surface area contributed by atoms with E-state index in [9.17, 15) is 0 Å². The first-order valence-electron chi connectivity index (χ1n) is 7.75. The predicted molar refractivity (Wildman–Crippen MR) is 94.4 cm³/mol. The van der Waals surface area contributed by atoms with Gasteiger partial charge in [-0.15, -0.1) is 0 Å². The van der Waals surface area contributed by atoms with Crippen LogP contribution in [0.25, 0.3) is 0 Å². The lowest BCUT2D eigenvalue weighted by molar-refractivity contribution is 0.269. The van der Waals surface area contributed by atoms with Crippen LogP contribution in [0.2, 0.25) is 0 Å². The number of hydrazone groups is 1. The van der Waals surface area contributed by atoms with Crippen LogP contribution in [-0.4, -0.2) is 31.9 Å². The molecule has 122 valence electrons. The number of nitrogens with zero attached hydrogens (tertiary/aromatic N) is 2. The Bertz CT molecular complexity index is 649. The van der Waals surface area contributed by atoms with Crippen molar-refractivity contribution < 1.29 is 9.47 Å². The van der Waals surface area contributed by atoms with Crippen LogP contribution in [0.3, 0.4) is 0 Å². The molecule has 0 amide bonds. The molecule has 0 aromatic heterocycles. The maximum absolute atomic E-state index is 5.92. The number of benzene rings is 2. The lowest BCUT2D eigenvalue weighted by atomic mass is 10.2. The number of ether oxygens (including phenoxy) is 2. The summed E-state index contributed by atoms with van der Waals surface area (Å²) in [5, 5.41) is 5.99. The van der Waals surface area contributed by atoms with Gasteiger partial charge >= 0.3 is 0 Å². The number of aryl methyl sites for hydroxylation is 1. The normalized spacial score (nSPS) is 10.8. The smallest absolute Gasteiger partial charge is 0.161 e. The molecule has 2 aromatic rings. The number of hydrogen-bond acceptors (Lipinski definition) is 4. The van der Waals surface area contributed by atoms with Crippen molar-refractivity contribution in [2.45, 2.75) is 20.5 Å². The van der Waals surface area contributed by atoms with Crippen molar-refractivity contribution in [2.75, 3.05) is 20.7 Å². The molecule has 4 heteroatoms. The molecule has 4 nitrogen and oxygen atoms in total. The second-order valence-corrected chi connectivity index (χ2v) is 5.51. The van der Waals surface area contributed by atoms with Crippen LogP contribution in [0.4, 0.5) is 0 Å². The third-order valence-corrected chi connectivity index (χ3v) is 3.22. The lowest BCUT2D eigenvalue weighted by Crippen LogP contribution is -2.03. The van der Waals surface area contributed by atoms with Crippen LogP contribution in [0.15, 0.2) is 47.6 Å². The van der Waals surface area contributed by atoms with Gasteiger partial charge in [-0.2, -0.15) is 5.10 Å². The van der Waals surface area contributed by atoms with Gasteiger partial charge in [0.1, 0.15) is 6.61 Å². The van der Waals surface area contributed by atoms with Gasteiger partial charge in [0.05, 0.1) is 12.8 Å². The van der Waals surface area contributed by atoms with Crippen LogP contribution in [0, 0.1) is 6.92 Å². The molecule has 0 aliphatic carbocycles. The van der Waals surface area contributed by atoms with Gasteiger partial charge < -0.3 is 14.5 Å². The molecule has 0 aliphatic rings. The molecule has 0 radical (unpaired) electrons. The van der Waals surface area contributed by atoms with Gasteiger partial charge in [0.25, 0.3) is 0 Å². The maximum Gasteiger partial charge on any atom is 0.161 e. The van der Waals surface area contributed by atoms with E-state index in [2.05, 4.69) is 36.3 Å². The molecule has 0 unspecified atom stereocenters. The summed E-state index contributed by atoms with van der Waals surface area (Å²) in [6, 6.07) is 14.2. The van der Waals surface area contributed by atoms with Crippen molar-refractivity contribution >= 4 is 6.21 Å². The Kier molecular flexibility index (Phi) is 6.03. The van der Waals surface area contributed by atoms with Crippen LogP contribution in [0.5, 0.6) is 11.5 Å². The standard InChI is InChI=1S/C19H24N2O2/c1-5-22-19-12-17(13-20-21(3)4)10-11-18(19)23-14-16-8-6-15(2)7-9-16/h6-13H,5,14H2,1-4H3/b20-13+. The van der Waals surface area contributed by atoms with Gasteiger partial charge in [-0.3, -0.25) is 0 Å². The first-order valence-corrected chi connectivity index (χ1v) is 7.75. The Hall–Kier alpha value is -2.49. The van der Waals surface area contributed by atoms with Crippen LogP contribution >= 0.6 is 0 Å². The minimum Gasteiger partial charge on any atom is -0.490 e.